The first-order valence-electron chi connectivity index (χ1n) is 11.9. The van der Waals surface area contributed by atoms with Crippen molar-refractivity contribution in [3.8, 4) is 17.1 Å². The minimum atomic E-state index is 0.711. The fraction of sp³-hybridized carbons (Fsp3) is 0.615. The van der Waals surface area contributed by atoms with Gasteiger partial charge in [0, 0.05) is 19.3 Å². The van der Waals surface area contributed by atoms with Gasteiger partial charge in [-0.3, -0.25) is 0 Å². The second kappa shape index (κ2) is 15.8. The molecule has 4 nitrogen and oxygen atoms in total. The standard InChI is InChI=1S/C26H40N2O2/c1-3-4-5-6-7-8-11-14-23-15-17-24(18-16-23)26-27-21-25(22-28-26)30-20-13-10-9-12-19-29-2/h15-18,21-22H,3-14,19-20H2,1-2H3. The molecule has 166 valence electrons. The molecule has 0 fully saturated rings. The molecule has 0 N–H and O–H groups in total. The van der Waals surface area contributed by atoms with Crippen LogP contribution in [-0.4, -0.2) is 30.3 Å². The smallest absolute Gasteiger partial charge is 0.159 e. The Labute approximate surface area is 183 Å². The van der Waals surface area contributed by atoms with E-state index in [0.717, 1.165) is 49.4 Å². The SMILES string of the molecule is CCCCCCCCCc1ccc(-c2ncc(OCCCCCCOC)cn2)cc1. The van der Waals surface area contributed by atoms with Gasteiger partial charge in [0.25, 0.3) is 0 Å². The molecular formula is C26H40N2O2. The summed E-state index contributed by atoms with van der Waals surface area (Å²) in [5, 5.41) is 0. The highest BCUT2D eigenvalue weighted by atomic mass is 16.5. The van der Waals surface area contributed by atoms with Crippen LogP contribution in [0.4, 0.5) is 0 Å². The first-order chi connectivity index (χ1) is 14.8. The van der Waals surface area contributed by atoms with Crippen molar-refractivity contribution in [2.24, 2.45) is 0 Å². The van der Waals surface area contributed by atoms with E-state index in [2.05, 4.69) is 41.2 Å². The van der Waals surface area contributed by atoms with E-state index in [-0.39, 0.29) is 0 Å². The number of hydrogen-bond donors (Lipinski definition) is 0. The lowest BCUT2D eigenvalue weighted by Gasteiger charge is -2.07. The topological polar surface area (TPSA) is 44.2 Å². The van der Waals surface area contributed by atoms with Gasteiger partial charge in [0.05, 0.1) is 19.0 Å². The van der Waals surface area contributed by atoms with Crippen LogP contribution in [0.2, 0.25) is 0 Å². The first-order valence-corrected chi connectivity index (χ1v) is 11.9. The summed E-state index contributed by atoms with van der Waals surface area (Å²) in [6, 6.07) is 8.69. The molecule has 2 rings (SSSR count). The zero-order valence-corrected chi connectivity index (χ0v) is 19.1. The predicted molar refractivity (Wildman–Crippen MR) is 125 cm³/mol. The summed E-state index contributed by atoms with van der Waals surface area (Å²) in [6.45, 7) is 3.82. The van der Waals surface area contributed by atoms with Gasteiger partial charge in [-0.15, -0.1) is 0 Å². The quantitative estimate of drug-likeness (QED) is 0.262. The molecule has 0 bridgehead atoms. The maximum Gasteiger partial charge on any atom is 0.159 e. The second-order valence-electron chi connectivity index (χ2n) is 8.07. The van der Waals surface area contributed by atoms with Crippen molar-refractivity contribution >= 4 is 0 Å². The molecule has 0 spiro atoms. The fourth-order valence-corrected chi connectivity index (χ4v) is 3.54. The summed E-state index contributed by atoms with van der Waals surface area (Å²) in [7, 11) is 1.75. The van der Waals surface area contributed by atoms with Gasteiger partial charge in [0.1, 0.15) is 0 Å². The third-order valence-electron chi connectivity index (χ3n) is 5.42. The van der Waals surface area contributed by atoms with E-state index in [9.17, 15) is 0 Å². The van der Waals surface area contributed by atoms with Gasteiger partial charge >= 0.3 is 0 Å². The Morgan fingerprint density at radius 2 is 1.30 bits per heavy atom. The fourth-order valence-electron chi connectivity index (χ4n) is 3.54. The first kappa shape index (κ1) is 24.3. The lowest BCUT2D eigenvalue weighted by molar-refractivity contribution is 0.191. The maximum absolute atomic E-state index is 5.75. The van der Waals surface area contributed by atoms with Crippen LogP contribution < -0.4 is 4.74 Å². The Balaban J connectivity index is 1.65. The number of aromatic nitrogens is 2. The number of ether oxygens (including phenoxy) is 2. The van der Waals surface area contributed by atoms with Gasteiger partial charge in [-0.05, 0) is 37.7 Å². The summed E-state index contributed by atoms with van der Waals surface area (Å²) in [5.41, 5.74) is 2.46. The zero-order valence-electron chi connectivity index (χ0n) is 19.1. The average Bonchev–Trinajstić information content (AvgIpc) is 2.79. The highest BCUT2D eigenvalue weighted by Gasteiger charge is 2.03. The normalized spacial score (nSPS) is 11.0. The summed E-state index contributed by atoms with van der Waals surface area (Å²) in [5.74, 6) is 1.50. The van der Waals surface area contributed by atoms with Crippen molar-refractivity contribution in [2.75, 3.05) is 20.3 Å². The lowest BCUT2D eigenvalue weighted by atomic mass is 10.0. The highest BCUT2D eigenvalue weighted by molar-refractivity contribution is 5.55. The van der Waals surface area contributed by atoms with Crippen molar-refractivity contribution in [2.45, 2.75) is 84.0 Å². The molecule has 0 saturated heterocycles. The molecule has 0 amide bonds. The van der Waals surface area contributed by atoms with Crippen LogP contribution in [-0.2, 0) is 11.2 Å². The molecule has 1 aromatic carbocycles. The third-order valence-corrected chi connectivity index (χ3v) is 5.42. The summed E-state index contributed by atoms with van der Waals surface area (Å²) in [6.07, 6.45) is 18.7. The molecule has 0 aliphatic heterocycles. The van der Waals surface area contributed by atoms with Crippen molar-refractivity contribution < 1.29 is 9.47 Å². The molecule has 0 atom stereocenters. The molecule has 0 aliphatic rings. The van der Waals surface area contributed by atoms with Gasteiger partial charge in [-0.1, -0.05) is 76.1 Å². The van der Waals surface area contributed by atoms with Gasteiger partial charge < -0.3 is 9.47 Å². The average molecular weight is 413 g/mol. The van der Waals surface area contributed by atoms with Crippen LogP contribution >= 0.6 is 0 Å². The molecule has 0 unspecified atom stereocenters. The van der Waals surface area contributed by atoms with Crippen LogP contribution in [0.15, 0.2) is 36.7 Å². The van der Waals surface area contributed by atoms with E-state index in [0.29, 0.717) is 6.61 Å². The molecule has 0 aliphatic carbocycles. The minimum absolute atomic E-state index is 0.711. The van der Waals surface area contributed by atoms with Crippen molar-refractivity contribution in [1.29, 1.82) is 0 Å². The van der Waals surface area contributed by atoms with Gasteiger partial charge in [0.2, 0.25) is 0 Å². The van der Waals surface area contributed by atoms with Crippen LogP contribution in [0.3, 0.4) is 0 Å². The van der Waals surface area contributed by atoms with E-state index >= 15 is 0 Å². The molecule has 0 radical (unpaired) electrons. The van der Waals surface area contributed by atoms with Gasteiger partial charge in [-0.2, -0.15) is 0 Å². The van der Waals surface area contributed by atoms with Crippen LogP contribution in [0, 0.1) is 0 Å². The minimum Gasteiger partial charge on any atom is -0.490 e. The summed E-state index contributed by atoms with van der Waals surface area (Å²) < 4.78 is 10.8. The Morgan fingerprint density at radius 3 is 1.97 bits per heavy atom. The van der Waals surface area contributed by atoms with E-state index < -0.39 is 0 Å². The Hall–Kier alpha value is -1.94. The van der Waals surface area contributed by atoms with E-state index in [1.807, 2.05) is 0 Å². The van der Waals surface area contributed by atoms with Crippen LogP contribution in [0.5, 0.6) is 5.75 Å². The molecule has 0 saturated carbocycles. The molecule has 1 heterocycles. The number of aryl methyl sites for hydroxylation is 1. The monoisotopic (exact) mass is 412 g/mol. The number of unbranched alkanes of at least 4 members (excludes halogenated alkanes) is 9. The molecule has 4 heteroatoms. The Kier molecular flexibility index (Phi) is 12.8. The molecule has 1 aromatic heterocycles. The molecule has 30 heavy (non-hydrogen) atoms. The van der Waals surface area contributed by atoms with Crippen molar-refractivity contribution in [3.05, 3.63) is 42.2 Å². The third kappa shape index (κ3) is 10.2. The number of nitrogens with zero attached hydrogens (tertiary/aromatic N) is 2. The Morgan fingerprint density at radius 1 is 0.700 bits per heavy atom. The van der Waals surface area contributed by atoms with Gasteiger partial charge in [-0.25, -0.2) is 9.97 Å². The number of rotatable bonds is 17. The molecular weight excluding hydrogens is 372 g/mol. The van der Waals surface area contributed by atoms with Crippen LogP contribution in [0.1, 0.15) is 83.1 Å². The molecule has 2 aromatic rings. The predicted octanol–water partition coefficient (Wildman–Crippen LogP) is 7.02. The summed E-state index contributed by atoms with van der Waals surface area (Å²) in [4.78, 5) is 8.95. The highest BCUT2D eigenvalue weighted by Crippen LogP contribution is 2.19. The van der Waals surface area contributed by atoms with Crippen LogP contribution in [0.25, 0.3) is 11.4 Å². The maximum atomic E-state index is 5.75. The van der Waals surface area contributed by atoms with E-state index in [1.165, 1.54) is 56.9 Å². The van der Waals surface area contributed by atoms with E-state index in [1.54, 1.807) is 19.5 Å². The Bertz CT molecular complexity index is 596. The van der Waals surface area contributed by atoms with Crippen molar-refractivity contribution in [3.63, 3.8) is 0 Å². The lowest BCUT2D eigenvalue weighted by Crippen LogP contribution is -1.99. The van der Waals surface area contributed by atoms with Crippen molar-refractivity contribution in [1.82, 2.24) is 9.97 Å². The number of methoxy groups -OCH3 is 1. The summed E-state index contributed by atoms with van der Waals surface area (Å²) >= 11 is 0. The second-order valence-corrected chi connectivity index (χ2v) is 8.07. The number of hydrogen-bond acceptors (Lipinski definition) is 4. The van der Waals surface area contributed by atoms with E-state index in [4.69, 9.17) is 9.47 Å². The number of benzene rings is 1. The largest absolute Gasteiger partial charge is 0.490 e. The zero-order chi connectivity index (χ0) is 21.3. The van der Waals surface area contributed by atoms with Gasteiger partial charge in [0.15, 0.2) is 11.6 Å².